The van der Waals surface area contributed by atoms with Crippen LogP contribution in [0.15, 0.2) is 21.5 Å². The fraction of sp³-hybridized carbons (Fsp3) is 0.773. The Labute approximate surface area is 175 Å². The first-order valence-electron chi connectivity index (χ1n) is 11.1. The quantitative estimate of drug-likeness (QED) is 0.511. The maximum atomic E-state index is 5.97. The SMILES string of the molecule is CN=C(NCC(c1ccc(C)o1)N1CCCC1)NCC(C(C)C)N1CCOCC1. The predicted molar refractivity (Wildman–Crippen MR) is 117 cm³/mol. The van der Waals surface area contributed by atoms with Gasteiger partial charge in [-0.05, 0) is 50.9 Å². The van der Waals surface area contributed by atoms with Gasteiger partial charge in [-0.1, -0.05) is 13.8 Å². The molecule has 3 rings (SSSR count). The van der Waals surface area contributed by atoms with Crippen molar-refractivity contribution in [2.75, 3.05) is 59.5 Å². The van der Waals surface area contributed by atoms with Crippen molar-refractivity contribution < 1.29 is 9.15 Å². The normalized spacial score (nSPS) is 21.5. The van der Waals surface area contributed by atoms with Crippen LogP contribution in [0, 0.1) is 12.8 Å². The molecule has 0 bridgehead atoms. The summed E-state index contributed by atoms with van der Waals surface area (Å²) in [6.45, 7) is 14.2. The lowest BCUT2D eigenvalue weighted by atomic mass is 10.0. The van der Waals surface area contributed by atoms with Crippen molar-refractivity contribution in [2.45, 2.75) is 45.7 Å². The van der Waals surface area contributed by atoms with Crippen molar-refractivity contribution in [3.05, 3.63) is 23.7 Å². The molecular weight excluding hydrogens is 366 g/mol. The fourth-order valence-electron chi connectivity index (χ4n) is 4.41. The van der Waals surface area contributed by atoms with Gasteiger partial charge in [0.15, 0.2) is 5.96 Å². The van der Waals surface area contributed by atoms with Gasteiger partial charge in [0.25, 0.3) is 0 Å². The molecule has 0 aromatic carbocycles. The summed E-state index contributed by atoms with van der Waals surface area (Å²) in [5.41, 5.74) is 0. The van der Waals surface area contributed by atoms with E-state index in [9.17, 15) is 0 Å². The summed E-state index contributed by atoms with van der Waals surface area (Å²) < 4.78 is 11.5. The number of morpholine rings is 1. The highest BCUT2D eigenvalue weighted by Crippen LogP contribution is 2.26. The van der Waals surface area contributed by atoms with Crippen LogP contribution < -0.4 is 10.6 Å². The van der Waals surface area contributed by atoms with Crippen molar-refractivity contribution in [3.63, 3.8) is 0 Å². The third kappa shape index (κ3) is 6.20. The minimum atomic E-state index is 0.241. The number of rotatable bonds is 8. The van der Waals surface area contributed by atoms with E-state index in [-0.39, 0.29) is 6.04 Å². The number of aryl methyl sites for hydroxylation is 1. The Morgan fingerprint density at radius 1 is 1.03 bits per heavy atom. The lowest BCUT2D eigenvalue weighted by molar-refractivity contribution is 0.00751. The Hall–Kier alpha value is -1.57. The Balaban J connectivity index is 1.56. The van der Waals surface area contributed by atoms with Gasteiger partial charge in [-0.2, -0.15) is 0 Å². The number of likely N-dealkylation sites (tertiary alicyclic amines) is 1. The molecule has 2 saturated heterocycles. The van der Waals surface area contributed by atoms with Gasteiger partial charge in [0.05, 0.1) is 19.3 Å². The molecule has 0 saturated carbocycles. The molecule has 1 aromatic rings. The minimum absolute atomic E-state index is 0.241. The molecule has 0 radical (unpaired) electrons. The number of ether oxygens (including phenoxy) is 1. The van der Waals surface area contributed by atoms with E-state index in [2.05, 4.69) is 51.4 Å². The molecule has 0 aliphatic carbocycles. The van der Waals surface area contributed by atoms with E-state index in [0.717, 1.165) is 70.0 Å². The molecule has 7 nitrogen and oxygen atoms in total. The van der Waals surface area contributed by atoms with Gasteiger partial charge in [0.2, 0.25) is 0 Å². The summed E-state index contributed by atoms with van der Waals surface area (Å²) in [5, 5.41) is 7.10. The zero-order valence-corrected chi connectivity index (χ0v) is 18.6. The smallest absolute Gasteiger partial charge is 0.191 e. The first kappa shape index (κ1) is 22.1. The summed E-state index contributed by atoms with van der Waals surface area (Å²) in [4.78, 5) is 9.52. The zero-order chi connectivity index (χ0) is 20.6. The fourth-order valence-corrected chi connectivity index (χ4v) is 4.41. The molecular formula is C22H39N5O2. The molecule has 2 aliphatic heterocycles. The number of nitrogens with zero attached hydrogens (tertiary/aromatic N) is 3. The monoisotopic (exact) mass is 405 g/mol. The number of hydrogen-bond acceptors (Lipinski definition) is 5. The second-order valence-corrected chi connectivity index (χ2v) is 8.50. The average molecular weight is 406 g/mol. The van der Waals surface area contributed by atoms with Crippen molar-refractivity contribution in [3.8, 4) is 0 Å². The van der Waals surface area contributed by atoms with Crippen LogP contribution >= 0.6 is 0 Å². The van der Waals surface area contributed by atoms with Gasteiger partial charge < -0.3 is 19.8 Å². The molecule has 2 fully saturated rings. The Kier molecular flexibility index (Phi) is 8.39. The molecule has 2 unspecified atom stereocenters. The molecule has 7 heteroatoms. The molecule has 164 valence electrons. The van der Waals surface area contributed by atoms with Gasteiger partial charge in [-0.25, -0.2) is 0 Å². The lowest BCUT2D eigenvalue weighted by Gasteiger charge is -2.37. The highest BCUT2D eigenvalue weighted by atomic mass is 16.5. The van der Waals surface area contributed by atoms with Crippen LogP contribution in [-0.4, -0.2) is 81.3 Å². The van der Waals surface area contributed by atoms with Crippen LogP contribution in [0.4, 0.5) is 0 Å². The van der Waals surface area contributed by atoms with Crippen molar-refractivity contribution in [1.29, 1.82) is 0 Å². The number of guanidine groups is 1. The molecule has 3 heterocycles. The van der Waals surface area contributed by atoms with E-state index >= 15 is 0 Å². The van der Waals surface area contributed by atoms with E-state index in [1.807, 2.05) is 14.0 Å². The van der Waals surface area contributed by atoms with Crippen molar-refractivity contribution in [1.82, 2.24) is 20.4 Å². The Morgan fingerprint density at radius 2 is 1.72 bits per heavy atom. The van der Waals surface area contributed by atoms with Crippen LogP contribution in [0.5, 0.6) is 0 Å². The average Bonchev–Trinajstić information content (AvgIpc) is 3.40. The third-order valence-electron chi connectivity index (χ3n) is 6.12. The van der Waals surface area contributed by atoms with E-state index in [1.165, 1.54) is 12.8 Å². The first-order chi connectivity index (χ1) is 14.1. The largest absolute Gasteiger partial charge is 0.465 e. The second kappa shape index (κ2) is 11.0. The molecule has 0 spiro atoms. The predicted octanol–water partition coefficient (Wildman–Crippen LogP) is 2.25. The highest BCUT2D eigenvalue weighted by Gasteiger charge is 2.27. The number of aliphatic imine (C=N–C) groups is 1. The zero-order valence-electron chi connectivity index (χ0n) is 18.6. The Bertz CT molecular complexity index is 633. The standard InChI is InChI=1S/C22H39N5O2/c1-17(2)19(27-11-13-28-14-12-27)15-24-22(23-4)25-16-20(26-9-5-6-10-26)21-8-7-18(3)29-21/h7-8,17,19-20H,5-6,9-16H2,1-4H3,(H2,23,24,25). The summed E-state index contributed by atoms with van der Waals surface area (Å²) in [5.74, 6) is 3.44. The van der Waals surface area contributed by atoms with Gasteiger partial charge >= 0.3 is 0 Å². The molecule has 2 N–H and O–H groups in total. The van der Waals surface area contributed by atoms with Gasteiger partial charge in [-0.15, -0.1) is 0 Å². The van der Waals surface area contributed by atoms with Crippen LogP contribution in [-0.2, 0) is 4.74 Å². The maximum absolute atomic E-state index is 5.97. The van der Waals surface area contributed by atoms with Gasteiger partial charge in [-0.3, -0.25) is 14.8 Å². The first-order valence-corrected chi connectivity index (χ1v) is 11.1. The minimum Gasteiger partial charge on any atom is -0.465 e. The number of nitrogens with one attached hydrogen (secondary N) is 2. The lowest BCUT2D eigenvalue weighted by Crippen LogP contribution is -2.53. The number of furan rings is 1. The molecule has 2 aliphatic rings. The second-order valence-electron chi connectivity index (χ2n) is 8.50. The molecule has 0 amide bonds. The topological polar surface area (TPSA) is 65.3 Å². The van der Waals surface area contributed by atoms with E-state index in [0.29, 0.717) is 12.0 Å². The molecule has 1 aromatic heterocycles. The Morgan fingerprint density at radius 3 is 2.31 bits per heavy atom. The third-order valence-corrected chi connectivity index (χ3v) is 6.12. The van der Waals surface area contributed by atoms with Crippen molar-refractivity contribution in [2.24, 2.45) is 10.9 Å². The van der Waals surface area contributed by atoms with E-state index < -0.39 is 0 Å². The summed E-state index contributed by atoms with van der Waals surface area (Å²) in [6, 6.07) is 4.88. The van der Waals surface area contributed by atoms with Crippen LogP contribution in [0.2, 0.25) is 0 Å². The van der Waals surface area contributed by atoms with Crippen molar-refractivity contribution >= 4 is 5.96 Å². The highest BCUT2D eigenvalue weighted by molar-refractivity contribution is 5.79. The van der Waals surface area contributed by atoms with Gasteiger partial charge in [0, 0.05) is 39.3 Å². The van der Waals surface area contributed by atoms with E-state index in [4.69, 9.17) is 9.15 Å². The summed E-state index contributed by atoms with van der Waals surface area (Å²) >= 11 is 0. The molecule has 2 atom stereocenters. The van der Waals surface area contributed by atoms with Crippen LogP contribution in [0.3, 0.4) is 0 Å². The summed E-state index contributed by atoms with van der Waals surface area (Å²) in [6.07, 6.45) is 2.53. The molecule has 29 heavy (non-hydrogen) atoms. The van der Waals surface area contributed by atoms with Crippen LogP contribution in [0.25, 0.3) is 0 Å². The maximum Gasteiger partial charge on any atom is 0.191 e. The van der Waals surface area contributed by atoms with E-state index in [1.54, 1.807) is 0 Å². The number of hydrogen-bond donors (Lipinski definition) is 2. The summed E-state index contributed by atoms with van der Waals surface area (Å²) in [7, 11) is 1.84. The van der Waals surface area contributed by atoms with Gasteiger partial charge in [0.1, 0.15) is 11.5 Å². The van der Waals surface area contributed by atoms with Crippen LogP contribution in [0.1, 0.15) is 44.3 Å².